The van der Waals surface area contributed by atoms with Crippen molar-refractivity contribution in [2.45, 2.75) is 69.3 Å². The first-order chi connectivity index (χ1) is 15.4. The highest BCUT2D eigenvalue weighted by Crippen LogP contribution is 2.37. The predicted molar refractivity (Wildman–Crippen MR) is 128 cm³/mol. The van der Waals surface area contributed by atoms with Gasteiger partial charge in [-0.05, 0) is 56.5 Å². The molecular formula is C24H36N2O6S. The summed E-state index contributed by atoms with van der Waals surface area (Å²) in [7, 11) is 2.11. The summed E-state index contributed by atoms with van der Waals surface area (Å²) in [6.07, 6.45) is 3.48. The van der Waals surface area contributed by atoms with Crippen molar-refractivity contribution in [3.05, 3.63) is 29.8 Å². The Morgan fingerprint density at radius 2 is 2.00 bits per heavy atom. The van der Waals surface area contributed by atoms with Gasteiger partial charge in [-0.2, -0.15) is 0 Å². The number of esters is 1. The van der Waals surface area contributed by atoms with Crippen LogP contribution in [0, 0.1) is 5.92 Å². The second kappa shape index (κ2) is 11.4. The highest BCUT2D eigenvalue weighted by Gasteiger charge is 2.39. The number of aliphatic hydroxyl groups is 1. The first-order valence-electron chi connectivity index (χ1n) is 11.4. The minimum absolute atomic E-state index is 0.0620. The Morgan fingerprint density at radius 3 is 2.61 bits per heavy atom. The number of hydrogen-bond acceptors (Lipinski definition) is 7. The highest BCUT2D eigenvalue weighted by molar-refractivity contribution is 7.82. The van der Waals surface area contributed by atoms with Gasteiger partial charge in [0.25, 0.3) is 0 Å². The molecule has 1 aliphatic rings. The van der Waals surface area contributed by atoms with E-state index in [1.54, 1.807) is 19.9 Å². The quantitative estimate of drug-likeness (QED) is 0.186. The molecule has 3 N–H and O–H groups in total. The number of rotatable bonds is 9. The number of ether oxygens (including phenoxy) is 1. The van der Waals surface area contributed by atoms with Crippen LogP contribution in [0.25, 0.3) is 0 Å². The summed E-state index contributed by atoms with van der Waals surface area (Å²) in [6.45, 7) is 7.39. The van der Waals surface area contributed by atoms with Crippen LogP contribution < -0.4 is 10.1 Å². The summed E-state index contributed by atoms with van der Waals surface area (Å²) >= 11 is 3.93. The molecule has 184 valence electrons. The third-order valence-corrected chi connectivity index (χ3v) is 6.68. The summed E-state index contributed by atoms with van der Waals surface area (Å²) in [5.41, 5.74) is 0.999. The number of carboxylic acid groups (broad SMARTS) is 1. The van der Waals surface area contributed by atoms with Gasteiger partial charge in [0.2, 0.25) is 10.8 Å². The molecule has 9 heteroatoms. The first-order valence-corrected chi connectivity index (χ1v) is 11.8. The molecule has 1 aliphatic heterocycles. The fourth-order valence-electron chi connectivity index (χ4n) is 4.36. The number of hydrogen-bond donors (Lipinski definition) is 4. The standard InChI is InChI=1S/C24H36N2O6S/c1-5-23(11-6-7-12-26(4)15-23)17-9-8-10-18(13-17)32-22(30)24(31,33)14-19(27)25-20(16(2)3)21(28)29/h8-10,13,16,20,31,33H,5-7,11-12,14-15H2,1-4H3,(H,25,27)(H,28,29). The zero-order valence-corrected chi connectivity index (χ0v) is 20.7. The van der Waals surface area contributed by atoms with Crippen molar-refractivity contribution < 1.29 is 29.3 Å². The maximum atomic E-state index is 12.6. The number of likely N-dealkylation sites (tertiary alicyclic amines) is 1. The molecule has 1 aromatic carbocycles. The predicted octanol–water partition coefficient (Wildman–Crippen LogP) is 2.59. The smallest absolute Gasteiger partial charge is 0.354 e. The van der Waals surface area contributed by atoms with Crippen LogP contribution in [0.5, 0.6) is 5.75 Å². The van der Waals surface area contributed by atoms with Crippen LogP contribution in [-0.2, 0) is 19.8 Å². The fraction of sp³-hybridized carbons (Fsp3) is 0.625. The molecule has 0 saturated carbocycles. The Bertz CT molecular complexity index is 859. The number of likely N-dealkylation sites (N-methyl/N-ethyl adjacent to an activating group) is 1. The largest absolute Gasteiger partial charge is 0.480 e. The van der Waals surface area contributed by atoms with E-state index < -0.39 is 35.2 Å². The summed E-state index contributed by atoms with van der Waals surface area (Å²) < 4.78 is 5.38. The lowest BCUT2D eigenvalue weighted by Gasteiger charge is -2.35. The number of carboxylic acids is 1. The minimum Gasteiger partial charge on any atom is -0.480 e. The molecule has 1 aromatic rings. The number of benzene rings is 1. The van der Waals surface area contributed by atoms with Gasteiger partial charge in [0.15, 0.2) is 0 Å². The van der Waals surface area contributed by atoms with E-state index in [-0.39, 0.29) is 17.1 Å². The van der Waals surface area contributed by atoms with Crippen molar-refractivity contribution in [3.8, 4) is 5.75 Å². The summed E-state index contributed by atoms with van der Waals surface area (Å²) in [4.78, 5) is 36.0. The van der Waals surface area contributed by atoms with Gasteiger partial charge in [-0.25, -0.2) is 9.59 Å². The molecule has 3 atom stereocenters. The zero-order chi connectivity index (χ0) is 24.8. The van der Waals surface area contributed by atoms with E-state index in [0.29, 0.717) is 0 Å². The lowest BCUT2D eigenvalue weighted by atomic mass is 9.74. The third-order valence-electron chi connectivity index (χ3n) is 6.33. The number of nitrogens with zero attached hydrogens (tertiary/aromatic N) is 1. The average Bonchev–Trinajstić information content (AvgIpc) is 2.93. The molecule has 1 heterocycles. The van der Waals surface area contributed by atoms with Crippen LogP contribution in [0.1, 0.15) is 58.4 Å². The number of aliphatic carboxylic acids is 1. The van der Waals surface area contributed by atoms with Crippen molar-refractivity contribution >= 4 is 30.5 Å². The van der Waals surface area contributed by atoms with E-state index in [9.17, 15) is 24.6 Å². The Kier molecular flexibility index (Phi) is 9.34. The monoisotopic (exact) mass is 480 g/mol. The van der Waals surface area contributed by atoms with Crippen LogP contribution in [0.2, 0.25) is 0 Å². The summed E-state index contributed by atoms with van der Waals surface area (Å²) in [6, 6.07) is 6.12. The van der Waals surface area contributed by atoms with E-state index in [2.05, 4.69) is 36.8 Å². The topological polar surface area (TPSA) is 116 Å². The molecule has 1 saturated heterocycles. The zero-order valence-electron chi connectivity index (χ0n) is 19.8. The average molecular weight is 481 g/mol. The molecule has 0 aliphatic carbocycles. The SMILES string of the molecule is CCC1(c2cccc(OC(=O)C(O)(S)CC(=O)NC(C(=O)O)C(C)C)c2)CCCCN(C)C1. The summed E-state index contributed by atoms with van der Waals surface area (Å²) in [5.74, 6) is -3.22. The molecule has 0 aromatic heterocycles. The second-order valence-corrected chi connectivity index (χ2v) is 10.1. The molecular weight excluding hydrogens is 444 g/mol. The Balaban J connectivity index is 2.13. The number of carbonyl (C=O) groups excluding carboxylic acids is 2. The number of carbonyl (C=O) groups is 3. The van der Waals surface area contributed by atoms with Crippen LogP contribution in [0.4, 0.5) is 0 Å². The van der Waals surface area contributed by atoms with Crippen molar-refractivity contribution in [1.29, 1.82) is 0 Å². The Hall–Kier alpha value is -2.10. The maximum Gasteiger partial charge on any atom is 0.354 e. The van der Waals surface area contributed by atoms with Crippen LogP contribution in [-0.4, -0.2) is 64.1 Å². The van der Waals surface area contributed by atoms with E-state index in [1.807, 2.05) is 18.2 Å². The lowest BCUT2D eigenvalue weighted by Crippen LogP contribution is -2.48. The highest BCUT2D eigenvalue weighted by atomic mass is 32.1. The molecule has 3 unspecified atom stereocenters. The number of nitrogens with one attached hydrogen (secondary N) is 1. The van der Waals surface area contributed by atoms with Crippen molar-refractivity contribution in [2.75, 3.05) is 20.1 Å². The maximum absolute atomic E-state index is 12.6. The van der Waals surface area contributed by atoms with Gasteiger partial charge in [0, 0.05) is 12.0 Å². The van der Waals surface area contributed by atoms with Gasteiger partial charge in [-0.3, -0.25) is 4.79 Å². The Morgan fingerprint density at radius 1 is 1.30 bits per heavy atom. The number of amides is 1. The van der Waals surface area contributed by atoms with Gasteiger partial charge >= 0.3 is 11.9 Å². The van der Waals surface area contributed by atoms with E-state index in [1.165, 1.54) is 0 Å². The minimum atomic E-state index is -2.41. The van der Waals surface area contributed by atoms with E-state index in [4.69, 9.17) is 4.74 Å². The molecule has 0 bridgehead atoms. The molecule has 33 heavy (non-hydrogen) atoms. The number of thiol groups is 1. The molecule has 1 amide bonds. The van der Waals surface area contributed by atoms with Gasteiger partial charge in [-0.15, -0.1) is 12.6 Å². The fourth-order valence-corrected chi connectivity index (χ4v) is 4.55. The van der Waals surface area contributed by atoms with Crippen molar-refractivity contribution in [1.82, 2.24) is 10.2 Å². The van der Waals surface area contributed by atoms with E-state index in [0.717, 1.165) is 44.3 Å². The van der Waals surface area contributed by atoms with E-state index >= 15 is 0 Å². The molecule has 2 rings (SSSR count). The first kappa shape index (κ1) is 27.1. The molecule has 8 nitrogen and oxygen atoms in total. The summed E-state index contributed by atoms with van der Waals surface area (Å²) in [5, 5.41) is 22.0. The van der Waals surface area contributed by atoms with Crippen molar-refractivity contribution in [3.63, 3.8) is 0 Å². The molecule has 0 radical (unpaired) electrons. The van der Waals surface area contributed by atoms with Crippen LogP contribution in [0.15, 0.2) is 24.3 Å². The normalized spacial score (nSPS) is 22.2. The van der Waals surface area contributed by atoms with Gasteiger partial charge in [-0.1, -0.05) is 39.3 Å². The van der Waals surface area contributed by atoms with Crippen LogP contribution >= 0.6 is 12.6 Å². The van der Waals surface area contributed by atoms with Crippen LogP contribution in [0.3, 0.4) is 0 Å². The third kappa shape index (κ3) is 7.19. The Labute approximate surface area is 201 Å². The lowest BCUT2D eigenvalue weighted by molar-refractivity contribution is -0.150. The van der Waals surface area contributed by atoms with Gasteiger partial charge in [0.05, 0.1) is 6.42 Å². The van der Waals surface area contributed by atoms with Gasteiger partial charge in [0.1, 0.15) is 11.8 Å². The second-order valence-electron chi connectivity index (χ2n) is 9.37. The molecule has 1 fully saturated rings. The van der Waals surface area contributed by atoms with Gasteiger partial charge < -0.3 is 25.2 Å². The van der Waals surface area contributed by atoms with Crippen molar-refractivity contribution in [2.24, 2.45) is 5.92 Å². The molecule has 0 spiro atoms.